The van der Waals surface area contributed by atoms with Gasteiger partial charge in [0.15, 0.2) is 0 Å². The predicted octanol–water partition coefficient (Wildman–Crippen LogP) is 3.81. The smallest absolute Gasteiger partial charge is 0.246 e. The van der Waals surface area contributed by atoms with E-state index in [-0.39, 0.29) is 11.9 Å². The summed E-state index contributed by atoms with van der Waals surface area (Å²) in [5, 5.41) is 5.59. The number of carbonyl (C=O) groups is 1. The third-order valence-corrected chi connectivity index (χ3v) is 3.94. The molecule has 1 amide bonds. The first-order valence-electron chi connectivity index (χ1n) is 6.54. The molecule has 1 atom stereocenters. The van der Waals surface area contributed by atoms with E-state index in [9.17, 15) is 4.79 Å². The molecule has 1 aromatic carbocycles. The molecule has 1 heterocycles. The standard InChI is InChI=1S/C15H17Cl2N3O/c1-9-8-20(10(2)15(21)19(3)4)18-14(9)13-11(16)6-5-7-12(13)17/h5-8,10H,1-4H3. The highest BCUT2D eigenvalue weighted by Crippen LogP contribution is 2.35. The van der Waals surface area contributed by atoms with Crippen molar-refractivity contribution >= 4 is 29.1 Å². The lowest BCUT2D eigenvalue weighted by Crippen LogP contribution is -2.30. The molecule has 1 aromatic heterocycles. The molecule has 2 aromatic rings. The molecule has 2 rings (SSSR count). The number of aryl methyl sites for hydroxylation is 1. The highest BCUT2D eigenvalue weighted by atomic mass is 35.5. The molecular weight excluding hydrogens is 309 g/mol. The van der Waals surface area contributed by atoms with E-state index in [4.69, 9.17) is 23.2 Å². The number of hydrogen-bond donors (Lipinski definition) is 0. The van der Waals surface area contributed by atoms with Crippen molar-refractivity contribution in [1.82, 2.24) is 14.7 Å². The minimum atomic E-state index is -0.381. The van der Waals surface area contributed by atoms with Crippen molar-refractivity contribution < 1.29 is 4.79 Å². The van der Waals surface area contributed by atoms with Gasteiger partial charge in [0.1, 0.15) is 6.04 Å². The Morgan fingerprint density at radius 3 is 2.38 bits per heavy atom. The Morgan fingerprint density at radius 1 is 1.29 bits per heavy atom. The predicted molar refractivity (Wildman–Crippen MR) is 85.8 cm³/mol. The maximum atomic E-state index is 12.0. The fourth-order valence-corrected chi connectivity index (χ4v) is 2.72. The van der Waals surface area contributed by atoms with Crippen LogP contribution < -0.4 is 0 Å². The molecule has 0 aliphatic carbocycles. The number of carbonyl (C=O) groups excluding carboxylic acids is 1. The number of rotatable bonds is 3. The molecule has 0 bridgehead atoms. The van der Waals surface area contributed by atoms with Crippen molar-refractivity contribution in [2.24, 2.45) is 0 Å². The number of halogens is 2. The van der Waals surface area contributed by atoms with Crippen LogP contribution in [0.25, 0.3) is 11.3 Å². The summed E-state index contributed by atoms with van der Waals surface area (Å²) < 4.78 is 1.65. The van der Waals surface area contributed by atoms with Crippen molar-refractivity contribution in [2.75, 3.05) is 14.1 Å². The zero-order valence-electron chi connectivity index (χ0n) is 12.4. The van der Waals surface area contributed by atoms with Gasteiger partial charge in [-0.25, -0.2) is 0 Å². The van der Waals surface area contributed by atoms with E-state index in [1.54, 1.807) is 41.9 Å². The largest absolute Gasteiger partial charge is 0.347 e. The van der Waals surface area contributed by atoms with E-state index in [1.807, 2.05) is 20.0 Å². The monoisotopic (exact) mass is 325 g/mol. The zero-order valence-corrected chi connectivity index (χ0v) is 13.9. The van der Waals surface area contributed by atoms with Gasteiger partial charge < -0.3 is 4.90 Å². The Balaban J connectivity index is 2.47. The van der Waals surface area contributed by atoms with Crippen molar-refractivity contribution in [2.45, 2.75) is 19.9 Å². The van der Waals surface area contributed by atoms with Gasteiger partial charge in [0.05, 0.1) is 15.7 Å². The van der Waals surface area contributed by atoms with Crippen LogP contribution in [-0.2, 0) is 4.79 Å². The summed E-state index contributed by atoms with van der Waals surface area (Å²) in [4.78, 5) is 13.6. The van der Waals surface area contributed by atoms with Crippen LogP contribution in [0.5, 0.6) is 0 Å². The third kappa shape index (κ3) is 3.06. The number of benzene rings is 1. The second-order valence-corrected chi connectivity index (χ2v) is 5.96. The van der Waals surface area contributed by atoms with Crippen LogP contribution in [0.4, 0.5) is 0 Å². The van der Waals surface area contributed by atoms with Crippen molar-refractivity contribution in [3.63, 3.8) is 0 Å². The number of nitrogens with zero attached hydrogens (tertiary/aromatic N) is 3. The first-order chi connectivity index (χ1) is 9.82. The first kappa shape index (κ1) is 15.9. The molecule has 0 spiro atoms. The van der Waals surface area contributed by atoms with Crippen LogP contribution in [0.1, 0.15) is 18.5 Å². The quantitative estimate of drug-likeness (QED) is 0.860. The molecule has 0 fully saturated rings. The SMILES string of the molecule is Cc1cn(C(C)C(=O)N(C)C)nc1-c1c(Cl)cccc1Cl. The van der Waals surface area contributed by atoms with Crippen molar-refractivity contribution in [3.8, 4) is 11.3 Å². The topological polar surface area (TPSA) is 38.1 Å². The van der Waals surface area contributed by atoms with E-state index >= 15 is 0 Å². The lowest BCUT2D eigenvalue weighted by atomic mass is 10.1. The lowest BCUT2D eigenvalue weighted by molar-refractivity contribution is -0.131. The summed E-state index contributed by atoms with van der Waals surface area (Å²) in [7, 11) is 3.45. The minimum Gasteiger partial charge on any atom is -0.347 e. The summed E-state index contributed by atoms with van der Waals surface area (Å²) in [5.41, 5.74) is 2.31. The zero-order chi connectivity index (χ0) is 15.7. The highest BCUT2D eigenvalue weighted by Gasteiger charge is 2.21. The summed E-state index contributed by atoms with van der Waals surface area (Å²) in [6.07, 6.45) is 1.83. The molecule has 0 aliphatic heterocycles. The fourth-order valence-electron chi connectivity index (χ4n) is 2.14. The molecule has 0 N–H and O–H groups in total. The van der Waals surface area contributed by atoms with Crippen LogP contribution in [0.15, 0.2) is 24.4 Å². The molecule has 0 saturated heterocycles. The molecule has 6 heteroatoms. The summed E-state index contributed by atoms with van der Waals surface area (Å²) in [6, 6.07) is 4.96. The molecule has 0 saturated carbocycles. The Hall–Kier alpha value is -1.52. The number of amides is 1. The maximum Gasteiger partial charge on any atom is 0.246 e. The van der Waals surface area contributed by atoms with Gasteiger partial charge in [-0.1, -0.05) is 29.3 Å². The van der Waals surface area contributed by atoms with E-state index in [0.29, 0.717) is 21.3 Å². The Kier molecular flexibility index (Phi) is 4.59. The molecule has 4 nitrogen and oxygen atoms in total. The van der Waals surface area contributed by atoms with Gasteiger partial charge in [-0.05, 0) is 31.5 Å². The average molecular weight is 326 g/mol. The van der Waals surface area contributed by atoms with Gasteiger partial charge in [0.2, 0.25) is 5.91 Å². The Labute approximate surface area is 134 Å². The van der Waals surface area contributed by atoms with Crippen LogP contribution >= 0.6 is 23.2 Å². The molecule has 1 unspecified atom stereocenters. The van der Waals surface area contributed by atoms with Crippen molar-refractivity contribution in [3.05, 3.63) is 40.0 Å². The summed E-state index contributed by atoms with van der Waals surface area (Å²) in [6.45, 7) is 3.73. The molecule has 112 valence electrons. The Bertz CT molecular complexity index is 659. The Morgan fingerprint density at radius 2 is 1.86 bits per heavy atom. The van der Waals surface area contributed by atoms with Crippen LogP contribution in [-0.4, -0.2) is 34.7 Å². The van der Waals surface area contributed by atoms with Crippen LogP contribution in [0, 0.1) is 6.92 Å². The minimum absolute atomic E-state index is 0.0192. The maximum absolute atomic E-state index is 12.0. The fraction of sp³-hybridized carbons (Fsp3) is 0.333. The molecular formula is C15H17Cl2N3O. The van der Waals surface area contributed by atoms with E-state index in [1.165, 1.54) is 0 Å². The second kappa shape index (κ2) is 6.08. The highest BCUT2D eigenvalue weighted by molar-refractivity contribution is 6.39. The summed E-state index contributed by atoms with van der Waals surface area (Å²) in [5.74, 6) is -0.0192. The number of likely N-dealkylation sites (N-methyl/N-ethyl adjacent to an activating group) is 1. The second-order valence-electron chi connectivity index (χ2n) is 5.15. The average Bonchev–Trinajstić information content (AvgIpc) is 2.79. The normalized spacial score (nSPS) is 12.3. The van der Waals surface area contributed by atoms with Gasteiger partial charge in [0.25, 0.3) is 0 Å². The number of aromatic nitrogens is 2. The van der Waals surface area contributed by atoms with Gasteiger partial charge in [-0.15, -0.1) is 0 Å². The summed E-state index contributed by atoms with van der Waals surface area (Å²) >= 11 is 12.5. The number of hydrogen-bond acceptors (Lipinski definition) is 2. The van der Waals surface area contributed by atoms with E-state index < -0.39 is 0 Å². The first-order valence-corrected chi connectivity index (χ1v) is 7.29. The van der Waals surface area contributed by atoms with Crippen LogP contribution in [0.2, 0.25) is 10.0 Å². The van der Waals surface area contributed by atoms with Gasteiger partial charge in [-0.2, -0.15) is 5.10 Å². The van der Waals surface area contributed by atoms with Gasteiger partial charge in [-0.3, -0.25) is 9.48 Å². The molecule has 0 radical (unpaired) electrons. The van der Waals surface area contributed by atoms with Crippen molar-refractivity contribution in [1.29, 1.82) is 0 Å². The molecule has 21 heavy (non-hydrogen) atoms. The van der Waals surface area contributed by atoms with Gasteiger partial charge >= 0.3 is 0 Å². The van der Waals surface area contributed by atoms with E-state index in [2.05, 4.69) is 5.10 Å². The van der Waals surface area contributed by atoms with E-state index in [0.717, 1.165) is 5.56 Å². The molecule has 0 aliphatic rings. The van der Waals surface area contributed by atoms with Gasteiger partial charge in [0, 0.05) is 25.9 Å². The van der Waals surface area contributed by atoms with Crippen LogP contribution in [0.3, 0.4) is 0 Å². The lowest BCUT2D eigenvalue weighted by Gasteiger charge is -2.17. The third-order valence-electron chi connectivity index (χ3n) is 3.31.